The number of tetrazole rings is 7. The lowest BCUT2D eigenvalue weighted by Crippen LogP contribution is -2.50. The van der Waals surface area contributed by atoms with Crippen LogP contribution in [0.5, 0.6) is 0 Å². The molecule has 7 heterocycles. The van der Waals surface area contributed by atoms with Gasteiger partial charge in [-0.3, -0.25) is 0 Å². The third-order valence-electron chi connectivity index (χ3n) is 8.22. The first-order valence-electron chi connectivity index (χ1n) is 20.4. The molecule has 0 amide bonds. The van der Waals surface area contributed by atoms with Crippen LogP contribution in [-0.4, -0.2) is 166 Å². The Balaban J connectivity index is 0.000000325. The molecule has 456 valence electrons. The van der Waals surface area contributed by atoms with Gasteiger partial charge in [0.1, 0.15) is 0 Å². The van der Waals surface area contributed by atoms with Crippen LogP contribution in [0.25, 0.3) is 0 Å². The zero-order valence-electron chi connectivity index (χ0n) is 41.7. The van der Waals surface area contributed by atoms with Gasteiger partial charge in [-0.1, -0.05) is 20.8 Å². The van der Waals surface area contributed by atoms with E-state index in [0.717, 1.165) is 44.6 Å². The summed E-state index contributed by atoms with van der Waals surface area (Å²) in [7, 11) is 8.88. The van der Waals surface area contributed by atoms with Crippen molar-refractivity contribution in [1.82, 2.24) is 141 Å². The number of nitrogens with zero attached hydrogens (tertiary/aromatic N) is 28. The van der Waals surface area contributed by atoms with Gasteiger partial charge in [-0.2, -0.15) is 125 Å². The van der Waals surface area contributed by atoms with Crippen molar-refractivity contribution in [3.63, 3.8) is 0 Å². The molecule has 1 saturated carbocycles. The lowest BCUT2D eigenvalue weighted by atomic mass is 9.96. The Morgan fingerprint density at radius 1 is 0.333 bits per heavy atom. The number of alkyl halides is 23. The third kappa shape index (κ3) is 19.0. The molecule has 0 radical (unpaired) electrons. The molecule has 8 rings (SSSR count). The molecule has 51 heteroatoms. The van der Waals surface area contributed by atoms with Crippen molar-refractivity contribution in [3.05, 3.63) is 40.8 Å². The molecule has 1 aliphatic rings. The van der Waals surface area contributed by atoms with Crippen LogP contribution in [0.15, 0.2) is 0 Å². The second-order valence-corrected chi connectivity index (χ2v) is 16.1. The predicted octanol–water partition coefficient (Wildman–Crippen LogP) is 4.28. The minimum atomic E-state index is -6.41. The van der Waals surface area contributed by atoms with Crippen molar-refractivity contribution in [3.8, 4) is 0 Å². The Hall–Kier alpha value is -8.12. The first-order chi connectivity index (χ1) is 36.4. The van der Waals surface area contributed by atoms with Gasteiger partial charge in [0.2, 0.25) is 5.82 Å². The van der Waals surface area contributed by atoms with Crippen molar-refractivity contribution >= 4 is 0 Å². The molecule has 0 N–H and O–H groups in total. The molecule has 0 aliphatic heterocycles. The van der Waals surface area contributed by atoms with Crippen LogP contribution in [0.4, 0.5) is 101 Å². The molecule has 1 fully saturated rings. The average Bonchev–Trinajstić information content (AvgIpc) is 4.08. The van der Waals surface area contributed by atoms with Crippen LogP contribution >= 0.6 is 0 Å². The smallest absolute Gasteiger partial charge is 0.227 e. The molecule has 0 spiro atoms. The van der Waals surface area contributed by atoms with Gasteiger partial charge in [-0.25, -0.2) is 9.36 Å². The van der Waals surface area contributed by atoms with Crippen LogP contribution < -0.4 is 0 Å². The molecule has 81 heavy (non-hydrogen) atoms. The fourth-order valence-electron chi connectivity index (χ4n) is 4.14. The molecule has 7 aromatic rings. The number of hydrogen-bond acceptors (Lipinski definition) is 21. The number of rotatable bonds is 5. The predicted molar refractivity (Wildman–Crippen MR) is 207 cm³/mol. The normalized spacial score (nSPS) is 13.6. The van der Waals surface area contributed by atoms with Crippen molar-refractivity contribution in [1.29, 1.82) is 0 Å². The standard InChI is InChI=1S/C6H12N4.C5H3F7N4.C5H8N4.2C4H3F5N4.2C3H3F3N4/c1-6(2,3)5-7-9-10(4)8-5;1-16-14-2(13-15-16)3(6,7)4(8,9)5(10,11)12;1-9-7-5(6-8-9)4-2-3-4;1-13-2(10-11-12-13)3(5,6)4(7,8)9;1-13-11-2(10-12-13)3(5,6)4(7,8)9;1-10-2(3(4,5)6)7-8-9-10;1-10-8-2(7-9-10)3(4,5)6/h1-4H3;1H3;4H,2-3H2,1H3;2*1H3;2*1H3. The highest BCUT2D eigenvalue weighted by Crippen LogP contribution is 2.51. The summed E-state index contributed by atoms with van der Waals surface area (Å²) in [5, 5.41) is 64.9. The average molecular weight is 1220 g/mol. The number of halogens is 23. The van der Waals surface area contributed by atoms with E-state index in [9.17, 15) is 101 Å². The van der Waals surface area contributed by atoms with Crippen molar-refractivity contribution in [2.75, 3.05) is 0 Å². The maximum atomic E-state index is 12.8. The van der Waals surface area contributed by atoms with Crippen LogP contribution in [0, 0.1) is 0 Å². The monoisotopic (exact) mass is 1220 g/mol. The zero-order chi connectivity index (χ0) is 62.9. The second kappa shape index (κ2) is 25.1. The number of hydrogen-bond donors (Lipinski definition) is 0. The van der Waals surface area contributed by atoms with Crippen molar-refractivity contribution < 1.29 is 101 Å². The van der Waals surface area contributed by atoms with E-state index in [0.29, 0.717) is 20.2 Å². The van der Waals surface area contributed by atoms with Crippen LogP contribution in [0.1, 0.15) is 80.3 Å². The number of aryl methyl sites for hydroxylation is 7. The molecule has 0 atom stereocenters. The van der Waals surface area contributed by atoms with E-state index in [2.05, 4.69) is 129 Å². The maximum absolute atomic E-state index is 12.8. The molecule has 0 unspecified atom stereocenters. The maximum Gasteiger partial charge on any atom is 0.461 e. The summed E-state index contributed by atoms with van der Waals surface area (Å²) in [6, 6.07) is 0. The molecule has 0 saturated heterocycles. The van der Waals surface area contributed by atoms with Gasteiger partial charge in [0, 0.05) is 25.4 Å². The van der Waals surface area contributed by atoms with E-state index in [4.69, 9.17) is 0 Å². The van der Waals surface area contributed by atoms with E-state index in [1.165, 1.54) is 29.5 Å². The van der Waals surface area contributed by atoms with Crippen LogP contribution in [-0.2, 0) is 84.9 Å². The lowest BCUT2D eigenvalue weighted by molar-refractivity contribution is -0.361. The third-order valence-corrected chi connectivity index (χ3v) is 8.22. The lowest BCUT2D eigenvalue weighted by Gasteiger charge is -2.25. The molecular formula is C30H35F23N28. The zero-order valence-corrected chi connectivity index (χ0v) is 41.7. The summed E-state index contributed by atoms with van der Waals surface area (Å²) in [6.45, 7) is 6.18. The quantitative estimate of drug-likeness (QED) is 0.217. The first kappa shape index (κ1) is 69.0. The Bertz CT molecular complexity index is 2940. The van der Waals surface area contributed by atoms with Crippen molar-refractivity contribution in [2.45, 2.75) is 99.5 Å². The minimum absolute atomic E-state index is 0.00819. The molecule has 0 aromatic carbocycles. The SMILES string of the molecule is Cn1nnc(C(C)(C)C)n1.Cn1nnc(C(F)(F)C(F)(F)C(F)(F)F)n1.Cn1nnc(C(F)(F)C(F)(F)F)n1.Cn1nnc(C(F)(F)F)n1.Cn1nnc(C2CC2)n1.Cn1nnnc1C(F)(F)C(F)(F)F.Cn1nnnc1C(F)(F)F. The Kier molecular flexibility index (Phi) is 21.4. The molecule has 28 nitrogen and oxygen atoms in total. The Labute approximate surface area is 432 Å². The van der Waals surface area contributed by atoms with Gasteiger partial charge in [-0.05, 0) is 59.8 Å². The summed E-state index contributed by atoms with van der Waals surface area (Å²) in [5.74, 6) is -27.1. The Morgan fingerprint density at radius 3 is 0.889 bits per heavy atom. The van der Waals surface area contributed by atoms with Crippen LogP contribution in [0.3, 0.4) is 0 Å². The molecule has 0 bridgehead atoms. The largest absolute Gasteiger partial charge is 0.461 e. The van der Waals surface area contributed by atoms with E-state index in [1.54, 1.807) is 14.1 Å². The molecule has 7 aromatic heterocycles. The second-order valence-electron chi connectivity index (χ2n) is 16.1. The van der Waals surface area contributed by atoms with Gasteiger partial charge in [0.15, 0.2) is 11.6 Å². The molecular weight excluding hydrogens is 1190 g/mol. The van der Waals surface area contributed by atoms with Crippen LogP contribution in [0.2, 0.25) is 0 Å². The first-order valence-corrected chi connectivity index (χ1v) is 20.4. The van der Waals surface area contributed by atoms with Gasteiger partial charge >= 0.3 is 54.6 Å². The summed E-state index contributed by atoms with van der Waals surface area (Å²) < 4.78 is 276. The van der Waals surface area contributed by atoms with Gasteiger partial charge in [-0.15, -0.1) is 61.2 Å². The Morgan fingerprint density at radius 2 is 0.667 bits per heavy atom. The van der Waals surface area contributed by atoms with Gasteiger partial charge in [0.05, 0.1) is 35.2 Å². The minimum Gasteiger partial charge on any atom is -0.227 e. The highest BCUT2D eigenvalue weighted by Gasteiger charge is 2.75. The summed E-state index contributed by atoms with van der Waals surface area (Å²) in [5.41, 5.74) is 0.00819. The topological polar surface area (TPSA) is 305 Å². The fraction of sp³-hybridized carbons (Fsp3) is 0.767. The highest BCUT2D eigenvalue weighted by atomic mass is 19.4. The summed E-state index contributed by atoms with van der Waals surface area (Å²) in [4.78, 5) is 4.60. The highest BCUT2D eigenvalue weighted by molar-refractivity contribution is 5.03. The molecule has 1 aliphatic carbocycles. The summed E-state index contributed by atoms with van der Waals surface area (Å²) >= 11 is 0. The summed E-state index contributed by atoms with van der Waals surface area (Å²) in [6.07, 6.45) is -24.3. The van der Waals surface area contributed by atoms with E-state index in [1.807, 2.05) is 0 Å². The van der Waals surface area contributed by atoms with E-state index >= 15 is 0 Å². The van der Waals surface area contributed by atoms with E-state index in [-0.39, 0.29) is 10.1 Å². The number of aromatic nitrogens is 28. The van der Waals surface area contributed by atoms with E-state index < -0.39 is 83.7 Å². The van der Waals surface area contributed by atoms with Crippen molar-refractivity contribution in [2.24, 2.45) is 49.3 Å². The fourth-order valence-corrected chi connectivity index (χ4v) is 4.14. The van der Waals surface area contributed by atoms with Gasteiger partial charge < -0.3 is 0 Å². The van der Waals surface area contributed by atoms with Gasteiger partial charge in [0.25, 0.3) is 23.3 Å².